The zero-order chi connectivity index (χ0) is 21.1. The number of alkyl carbamates (subject to hydrolysis) is 1. The number of hydrogen-bond acceptors (Lipinski definition) is 5. The molecule has 0 bridgehead atoms. The summed E-state index contributed by atoms with van der Waals surface area (Å²) in [5.41, 5.74) is 0.824. The summed E-state index contributed by atoms with van der Waals surface area (Å²) in [6.45, 7) is 12.2. The fourth-order valence-electron chi connectivity index (χ4n) is 2.64. The summed E-state index contributed by atoms with van der Waals surface area (Å²) in [4.78, 5) is 14.0. The summed E-state index contributed by atoms with van der Waals surface area (Å²) in [6, 6.07) is 4.55. The average molecular weight is 412 g/mol. The number of anilines is 1. The van der Waals surface area contributed by atoms with Gasteiger partial charge in [-0.25, -0.2) is 9.18 Å². The van der Waals surface area contributed by atoms with Crippen LogP contribution in [0.1, 0.15) is 53.5 Å². The highest BCUT2D eigenvalue weighted by Gasteiger charge is 2.31. The zero-order valence-electron chi connectivity index (χ0n) is 17.4. The second-order valence-corrected chi connectivity index (χ2v) is 10.8. The Hall–Kier alpha value is -1.80. The van der Waals surface area contributed by atoms with E-state index in [0.717, 1.165) is 18.7 Å². The minimum atomic E-state index is -1.42. The van der Waals surface area contributed by atoms with E-state index in [1.54, 1.807) is 6.07 Å². The molecule has 1 aliphatic rings. The van der Waals surface area contributed by atoms with Gasteiger partial charge in [0.25, 0.3) is 0 Å². The third-order valence-corrected chi connectivity index (χ3v) is 5.48. The number of halogens is 1. The fraction of sp³-hybridized carbons (Fsp3) is 0.600. The molecule has 0 spiro atoms. The average Bonchev–Trinajstić information content (AvgIpc) is 2.51. The van der Waals surface area contributed by atoms with Gasteiger partial charge in [0.2, 0.25) is 0 Å². The van der Waals surface area contributed by atoms with Crippen molar-refractivity contribution in [2.24, 2.45) is 4.40 Å². The second-order valence-electron chi connectivity index (χ2n) is 8.82. The summed E-state index contributed by atoms with van der Waals surface area (Å²) in [6.07, 6.45) is 1.91. The lowest BCUT2D eigenvalue weighted by Gasteiger charge is -2.43. The Morgan fingerprint density at radius 1 is 1.39 bits per heavy atom. The van der Waals surface area contributed by atoms with E-state index in [1.165, 1.54) is 18.3 Å². The molecular formula is C20H30FN3O3S. The molecule has 1 amide bonds. The fourth-order valence-corrected chi connectivity index (χ4v) is 3.16. The molecule has 2 atom stereocenters. The molecule has 0 aromatic heterocycles. The van der Waals surface area contributed by atoms with E-state index in [0.29, 0.717) is 12.1 Å². The Morgan fingerprint density at radius 3 is 2.61 bits per heavy atom. The van der Waals surface area contributed by atoms with E-state index in [-0.39, 0.29) is 11.9 Å². The maximum atomic E-state index is 13.8. The number of ether oxygens (including phenoxy) is 1. The third kappa shape index (κ3) is 6.38. The molecule has 156 valence electrons. The van der Waals surface area contributed by atoms with Crippen molar-refractivity contribution in [3.8, 4) is 0 Å². The van der Waals surface area contributed by atoms with Gasteiger partial charge in [-0.15, -0.1) is 0 Å². The number of benzene rings is 1. The highest BCUT2D eigenvalue weighted by molar-refractivity contribution is 7.91. The van der Waals surface area contributed by atoms with Crippen molar-refractivity contribution in [2.45, 2.75) is 64.4 Å². The van der Waals surface area contributed by atoms with Gasteiger partial charge in [0.15, 0.2) is 0 Å². The number of nitrogens with zero attached hydrogens (tertiary/aromatic N) is 2. The Morgan fingerprint density at radius 2 is 2.07 bits per heavy atom. The number of carbonyl (C=O) groups is 1. The molecule has 0 radical (unpaired) electrons. The second kappa shape index (κ2) is 8.69. The molecule has 1 heterocycles. The number of rotatable bonds is 5. The van der Waals surface area contributed by atoms with Crippen molar-refractivity contribution in [2.75, 3.05) is 18.0 Å². The SMILES string of the molecule is CC(C)(C)OC(=O)NC[C@H]1CCN1c1ccc(F)cc1C=N[S+]([O-])C(C)(C)C. The van der Waals surface area contributed by atoms with Gasteiger partial charge < -0.3 is 19.5 Å². The van der Waals surface area contributed by atoms with Crippen LogP contribution in [0.5, 0.6) is 0 Å². The van der Waals surface area contributed by atoms with E-state index < -0.39 is 27.8 Å². The number of amides is 1. The standard InChI is InChI=1S/C20H30FN3O3S/c1-19(2,3)27-18(25)22-13-16-9-10-24(16)17-8-7-15(21)11-14(17)12-23-28(26)20(4,5)6/h7-8,11-12,16H,9-10,13H2,1-6H3,(H,22,25)/t16-,28?/m1/s1. The first-order chi connectivity index (χ1) is 12.9. The van der Waals surface area contributed by atoms with Gasteiger partial charge in [-0.1, -0.05) is 4.40 Å². The van der Waals surface area contributed by atoms with Crippen LogP contribution < -0.4 is 10.2 Å². The van der Waals surface area contributed by atoms with Gasteiger partial charge in [-0.3, -0.25) is 0 Å². The molecule has 0 saturated carbocycles. The van der Waals surface area contributed by atoms with Crippen LogP contribution in [0.25, 0.3) is 0 Å². The smallest absolute Gasteiger partial charge is 0.407 e. The van der Waals surface area contributed by atoms with Crippen LogP contribution in [-0.4, -0.2) is 46.3 Å². The van der Waals surface area contributed by atoms with Gasteiger partial charge >= 0.3 is 6.09 Å². The molecule has 28 heavy (non-hydrogen) atoms. The van der Waals surface area contributed by atoms with Gasteiger partial charge in [0.1, 0.15) is 27.5 Å². The van der Waals surface area contributed by atoms with Crippen LogP contribution in [0.15, 0.2) is 22.6 Å². The van der Waals surface area contributed by atoms with Crippen LogP contribution in [0, 0.1) is 5.82 Å². The summed E-state index contributed by atoms with van der Waals surface area (Å²) < 4.78 is 34.8. The van der Waals surface area contributed by atoms with E-state index >= 15 is 0 Å². The Labute approximate surface area is 169 Å². The summed E-state index contributed by atoms with van der Waals surface area (Å²) in [7, 11) is 0. The normalized spacial score (nSPS) is 18.7. The molecule has 1 saturated heterocycles. The number of carbonyl (C=O) groups excluding carboxylic acids is 1. The lowest BCUT2D eigenvalue weighted by atomic mass is 9.99. The molecule has 2 rings (SSSR count). The predicted octanol–water partition coefficient (Wildman–Crippen LogP) is 3.81. The van der Waals surface area contributed by atoms with Gasteiger partial charge in [-0.05, 0) is 66.2 Å². The molecule has 6 nitrogen and oxygen atoms in total. The first-order valence-electron chi connectivity index (χ1n) is 9.36. The minimum Gasteiger partial charge on any atom is -0.591 e. The van der Waals surface area contributed by atoms with Gasteiger partial charge in [-0.2, -0.15) is 0 Å². The predicted molar refractivity (Wildman–Crippen MR) is 112 cm³/mol. The Balaban J connectivity index is 2.08. The van der Waals surface area contributed by atoms with Crippen LogP contribution in [0.3, 0.4) is 0 Å². The maximum Gasteiger partial charge on any atom is 0.407 e. The van der Waals surface area contributed by atoms with Crippen molar-refractivity contribution < 1.29 is 18.5 Å². The minimum absolute atomic E-state index is 0.0817. The zero-order valence-corrected chi connectivity index (χ0v) is 18.2. The van der Waals surface area contributed by atoms with Crippen molar-refractivity contribution in [1.29, 1.82) is 0 Å². The molecule has 1 fully saturated rings. The molecule has 1 unspecified atom stereocenters. The van der Waals surface area contributed by atoms with Crippen molar-refractivity contribution in [3.05, 3.63) is 29.6 Å². The quantitative estimate of drug-likeness (QED) is 0.590. The molecule has 8 heteroatoms. The highest BCUT2D eigenvalue weighted by Crippen LogP contribution is 2.30. The van der Waals surface area contributed by atoms with E-state index in [4.69, 9.17) is 4.74 Å². The van der Waals surface area contributed by atoms with Gasteiger partial charge in [0, 0.05) is 30.4 Å². The number of hydrogen-bond donors (Lipinski definition) is 1. The Kier molecular flexibility index (Phi) is 6.98. The van der Waals surface area contributed by atoms with Crippen LogP contribution in [0.4, 0.5) is 14.9 Å². The lowest BCUT2D eigenvalue weighted by molar-refractivity contribution is 0.0521. The molecule has 1 aromatic carbocycles. The topological polar surface area (TPSA) is 77.0 Å². The van der Waals surface area contributed by atoms with E-state index in [2.05, 4.69) is 14.6 Å². The van der Waals surface area contributed by atoms with E-state index in [1.807, 2.05) is 41.5 Å². The number of nitrogens with one attached hydrogen (secondary N) is 1. The van der Waals surface area contributed by atoms with Crippen LogP contribution in [0.2, 0.25) is 0 Å². The van der Waals surface area contributed by atoms with Crippen molar-refractivity contribution >= 4 is 29.4 Å². The van der Waals surface area contributed by atoms with Crippen LogP contribution in [-0.2, 0) is 16.1 Å². The molecule has 1 aromatic rings. The lowest BCUT2D eigenvalue weighted by Crippen LogP contribution is -2.54. The first-order valence-corrected chi connectivity index (χ1v) is 10.5. The van der Waals surface area contributed by atoms with Gasteiger partial charge in [0.05, 0.1) is 6.21 Å². The summed E-state index contributed by atoms with van der Waals surface area (Å²) in [5.74, 6) is -0.379. The maximum absolute atomic E-state index is 13.8. The molecule has 1 aliphatic heterocycles. The Bertz CT molecular complexity index is 728. The van der Waals surface area contributed by atoms with E-state index in [9.17, 15) is 13.7 Å². The molecule has 0 aliphatic carbocycles. The molecular weight excluding hydrogens is 381 g/mol. The van der Waals surface area contributed by atoms with Crippen molar-refractivity contribution in [3.63, 3.8) is 0 Å². The first kappa shape index (κ1) is 22.5. The molecule has 1 N–H and O–H groups in total. The summed E-state index contributed by atoms with van der Waals surface area (Å²) in [5, 5.41) is 2.78. The van der Waals surface area contributed by atoms with Crippen LogP contribution >= 0.6 is 0 Å². The largest absolute Gasteiger partial charge is 0.591 e. The monoisotopic (exact) mass is 411 g/mol. The summed E-state index contributed by atoms with van der Waals surface area (Å²) >= 11 is -1.42. The van der Waals surface area contributed by atoms with Crippen molar-refractivity contribution in [1.82, 2.24) is 5.32 Å². The highest BCUT2D eigenvalue weighted by atomic mass is 32.2. The third-order valence-electron chi connectivity index (χ3n) is 4.14.